The van der Waals surface area contributed by atoms with Gasteiger partial charge in [-0.2, -0.15) is 13.2 Å². The number of alkyl halides is 3. The highest BCUT2D eigenvalue weighted by Gasteiger charge is 2.32. The van der Waals surface area contributed by atoms with Crippen LogP contribution in [-0.4, -0.2) is 23.7 Å². The van der Waals surface area contributed by atoms with Gasteiger partial charge in [0.1, 0.15) is 5.02 Å². The van der Waals surface area contributed by atoms with Gasteiger partial charge in [-0.15, -0.1) is 10.2 Å². The van der Waals surface area contributed by atoms with Gasteiger partial charge in [0.15, 0.2) is 5.82 Å². The molecule has 4 aromatic rings. The lowest BCUT2D eigenvalue weighted by atomic mass is 10.1. The summed E-state index contributed by atoms with van der Waals surface area (Å²) in [4.78, 5) is 24.9. The molecule has 7 nitrogen and oxygen atoms in total. The van der Waals surface area contributed by atoms with Crippen LogP contribution in [-0.2, 0) is 19.8 Å². The molecule has 4 rings (SSSR count). The average Bonchev–Trinajstić information content (AvgIpc) is 3.06. The second-order valence-electron chi connectivity index (χ2n) is 6.64. The van der Waals surface area contributed by atoms with Crippen LogP contribution in [0.4, 0.5) is 13.2 Å². The van der Waals surface area contributed by atoms with Gasteiger partial charge in [-0.3, -0.25) is 18.6 Å². The topological polar surface area (TPSA) is 74.2 Å². The van der Waals surface area contributed by atoms with Crippen LogP contribution in [0, 0.1) is 6.92 Å². The zero-order valence-electron chi connectivity index (χ0n) is 15.2. The Kier molecular flexibility index (Phi) is 4.26. The molecule has 0 aliphatic heterocycles. The SMILES string of the molecule is Cc1ccc2c(c1)c(=O)n(C)c1nnc(Cn3cc(C(F)(F)F)cc(Cl)c3=O)n21. The minimum absolute atomic E-state index is 0.182. The van der Waals surface area contributed by atoms with E-state index < -0.39 is 22.3 Å². The van der Waals surface area contributed by atoms with Crippen LogP contribution in [0.25, 0.3) is 16.7 Å². The number of aromatic nitrogens is 5. The lowest BCUT2D eigenvalue weighted by Crippen LogP contribution is -2.25. The summed E-state index contributed by atoms with van der Waals surface area (Å²) in [5, 5.41) is 7.82. The molecule has 11 heteroatoms. The molecule has 0 N–H and O–H groups in total. The quantitative estimate of drug-likeness (QED) is 0.497. The Balaban J connectivity index is 1.98. The van der Waals surface area contributed by atoms with Crippen molar-refractivity contribution in [3.8, 4) is 0 Å². The standard InChI is InChI=1S/C18H13ClF3N5O2/c1-9-3-4-13-11(5-9)15(28)25(2)17-24-23-14(27(13)17)8-26-7-10(18(20,21)22)6-12(19)16(26)29/h3-7H,8H2,1-2H3. The number of aryl methyl sites for hydroxylation is 2. The average molecular weight is 424 g/mol. The number of nitrogens with zero attached hydrogens (tertiary/aromatic N) is 5. The van der Waals surface area contributed by atoms with Crippen molar-refractivity contribution in [2.24, 2.45) is 7.05 Å². The molecule has 0 saturated heterocycles. The summed E-state index contributed by atoms with van der Waals surface area (Å²) >= 11 is 5.72. The molecule has 0 aliphatic rings. The summed E-state index contributed by atoms with van der Waals surface area (Å²) in [7, 11) is 1.52. The molecule has 0 fully saturated rings. The fourth-order valence-corrected chi connectivity index (χ4v) is 3.41. The summed E-state index contributed by atoms with van der Waals surface area (Å²) in [5.41, 5.74) is -0.774. The number of hydrogen-bond acceptors (Lipinski definition) is 4. The van der Waals surface area contributed by atoms with Crippen LogP contribution >= 0.6 is 11.6 Å². The predicted molar refractivity (Wildman–Crippen MR) is 100 cm³/mol. The summed E-state index contributed by atoms with van der Waals surface area (Å²) in [6.07, 6.45) is -3.98. The summed E-state index contributed by atoms with van der Waals surface area (Å²) < 4.78 is 43.0. The van der Waals surface area contributed by atoms with E-state index in [0.717, 1.165) is 10.1 Å². The maximum atomic E-state index is 13.1. The molecular formula is C18H13ClF3N5O2. The van der Waals surface area contributed by atoms with Crippen molar-refractivity contribution >= 4 is 28.3 Å². The van der Waals surface area contributed by atoms with E-state index >= 15 is 0 Å². The third-order valence-electron chi connectivity index (χ3n) is 4.62. The molecule has 3 heterocycles. The van der Waals surface area contributed by atoms with Crippen LogP contribution in [0.5, 0.6) is 0 Å². The summed E-state index contributed by atoms with van der Waals surface area (Å²) in [6, 6.07) is 5.78. The lowest BCUT2D eigenvalue weighted by molar-refractivity contribution is -0.138. The number of hydrogen-bond donors (Lipinski definition) is 0. The first kappa shape index (κ1) is 19.2. The molecule has 0 atom stereocenters. The molecule has 0 bridgehead atoms. The number of fused-ring (bicyclic) bond motifs is 3. The molecule has 1 aromatic carbocycles. The van der Waals surface area contributed by atoms with Crippen molar-refractivity contribution in [1.82, 2.24) is 23.7 Å². The Morgan fingerprint density at radius 3 is 2.52 bits per heavy atom. The van der Waals surface area contributed by atoms with Crippen molar-refractivity contribution in [3.63, 3.8) is 0 Å². The van der Waals surface area contributed by atoms with E-state index in [-0.39, 0.29) is 23.7 Å². The summed E-state index contributed by atoms with van der Waals surface area (Å²) in [5.74, 6) is 0.384. The van der Waals surface area contributed by atoms with E-state index in [1.807, 2.05) is 6.92 Å². The fourth-order valence-electron chi connectivity index (χ4n) is 3.19. The van der Waals surface area contributed by atoms with Crippen LogP contribution in [0.2, 0.25) is 5.02 Å². The first-order chi connectivity index (χ1) is 13.6. The molecule has 0 aliphatic carbocycles. The number of rotatable bonds is 2. The van der Waals surface area contributed by atoms with E-state index in [1.54, 1.807) is 18.2 Å². The van der Waals surface area contributed by atoms with E-state index in [4.69, 9.17) is 11.6 Å². The van der Waals surface area contributed by atoms with E-state index in [9.17, 15) is 22.8 Å². The summed E-state index contributed by atoms with van der Waals surface area (Å²) in [6.45, 7) is 1.52. The van der Waals surface area contributed by atoms with Crippen molar-refractivity contribution < 1.29 is 13.2 Å². The molecule has 0 radical (unpaired) electrons. The van der Waals surface area contributed by atoms with Gasteiger partial charge in [-0.1, -0.05) is 23.2 Å². The van der Waals surface area contributed by atoms with Crippen molar-refractivity contribution in [2.45, 2.75) is 19.6 Å². The second-order valence-corrected chi connectivity index (χ2v) is 7.05. The first-order valence-corrected chi connectivity index (χ1v) is 8.76. The van der Waals surface area contributed by atoms with E-state index in [2.05, 4.69) is 10.2 Å². The van der Waals surface area contributed by atoms with Gasteiger partial charge >= 0.3 is 6.18 Å². The Bertz CT molecular complexity index is 1400. The minimum atomic E-state index is -4.67. The molecule has 150 valence electrons. The minimum Gasteiger partial charge on any atom is -0.306 e. The smallest absolute Gasteiger partial charge is 0.306 e. The molecule has 0 unspecified atom stereocenters. The fraction of sp³-hybridized carbons (Fsp3) is 0.222. The molecular weight excluding hydrogens is 411 g/mol. The van der Waals surface area contributed by atoms with Gasteiger partial charge in [0.2, 0.25) is 5.78 Å². The van der Waals surface area contributed by atoms with Gasteiger partial charge in [0, 0.05) is 13.2 Å². The van der Waals surface area contributed by atoms with Gasteiger partial charge < -0.3 is 4.57 Å². The van der Waals surface area contributed by atoms with Crippen molar-refractivity contribution in [1.29, 1.82) is 0 Å². The largest absolute Gasteiger partial charge is 0.417 e. The molecule has 0 amide bonds. The Labute approximate surface area is 165 Å². The van der Waals surface area contributed by atoms with Crippen LogP contribution < -0.4 is 11.1 Å². The van der Waals surface area contributed by atoms with Crippen LogP contribution in [0.15, 0.2) is 40.1 Å². The Morgan fingerprint density at radius 2 is 1.83 bits per heavy atom. The van der Waals surface area contributed by atoms with Crippen molar-refractivity contribution in [3.05, 3.63) is 73.1 Å². The number of halogens is 4. The first-order valence-electron chi connectivity index (χ1n) is 8.38. The molecule has 29 heavy (non-hydrogen) atoms. The molecule has 3 aromatic heterocycles. The van der Waals surface area contributed by atoms with Crippen LogP contribution in [0.3, 0.4) is 0 Å². The maximum absolute atomic E-state index is 13.1. The van der Waals surface area contributed by atoms with Gasteiger partial charge in [0.25, 0.3) is 11.1 Å². The number of pyridine rings is 1. The zero-order chi connectivity index (χ0) is 21.1. The normalized spacial score (nSPS) is 12.2. The lowest BCUT2D eigenvalue weighted by Gasteiger charge is -2.12. The third-order valence-corrected chi connectivity index (χ3v) is 4.89. The molecule has 0 saturated carbocycles. The van der Waals surface area contributed by atoms with Gasteiger partial charge in [-0.25, -0.2) is 0 Å². The van der Waals surface area contributed by atoms with Crippen molar-refractivity contribution in [2.75, 3.05) is 0 Å². The highest BCUT2D eigenvalue weighted by Crippen LogP contribution is 2.29. The van der Waals surface area contributed by atoms with Crippen LogP contribution in [0.1, 0.15) is 17.0 Å². The highest BCUT2D eigenvalue weighted by atomic mass is 35.5. The third kappa shape index (κ3) is 3.09. The van der Waals surface area contributed by atoms with E-state index in [1.165, 1.54) is 16.0 Å². The maximum Gasteiger partial charge on any atom is 0.417 e. The molecule has 0 spiro atoms. The monoisotopic (exact) mass is 423 g/mol. The highest BCUT2D eigenvalue weighted by molar-refractivity contribution is 6.30. The van der Waals surface area contributed by atoms with Gasteiger partial charge in [0.05, 0.1) is 23.0 Å². The number of benzene rings is 1. The Morgan fingerprint density at radius 1 is 1.10 bits per heavy atom. The van der Waals surface area contributed by atoms with Gasteiger partial charge in [-0.05, 0) is 25.1 Å². The van der Waals surface area contributed by atoms with E-state index in [0.29, 0.717) is 23.2 Å². The Hall–Kier alpha value is -3.14. The zero-order valence-corrected chi connectivity index (χ0v) is 15.9. The second kappa shape index (κ2) is 6.45. The predicted octanol–water partition coefficient (Wildman–Crippen LogP) is 2.77.